The van der Waals surface area contributed by atoms with Crippen LogP contribution in [0.4, 0.5) is 0 Å². The van der Waals surface area contributed by atoms with Gasteiger partial charge < -0.3 is 9.84 Å². The fourth-order valence-electron chi connectivity index (χ4n) is 1.95. The molecule has 0 aromatic heterocycles. The van der Waals surface area contributed by atoms with Crippen molar-refractivity contribution in [2.24, 2.45) is 0 Å². The third-order valence-corrected chi connectivity index (χ3v) is 3.76. The van der Waals surface area contributed by atoms with Crippen molar-refractivity contribution in [2.45, 2.75) is 26.6 Å². The normalized spacial score (nSPS) is 12.2. The van der Waals surface area contributed by atoms with Gasteiger partial charge in [0, 0.05) is 21.2 Å². The Kier molecular flexibility index (Phi) is 4.92. The molecule has 0 amide bonds. The molecule has 0 saturated carbocycles. The Hall–Kier alpha value is -1.22. The zero-order valence-corrected chi connectivity index (χ0v) is 12.9. The molecule has 0 spiro atoms. The SMILES string of the molecule is Cc1ccc(OCc2c(Cl)cccc2Cl)c([C@@H](C)O)c1. The van der Waals surface area contributed by atoms with Gasteiger partial charge in [-0.1, -0.05) is 40.9 Å². The van der Waals surface area contributed by atoms with E-state index in [1.54, 1.807) is 25.1 Å². The molecule has 0 saturated heterocycles. The molecule has 1 N–H and O–H groups in total. The number of aliphatic hydroxyl groups excluding tert-OH is 1. The summed E-state index contributed by atoms with van der Waals surface area (Å²) >= 11 is 12.2. The van der Waals surface area contributed by atoms with Gasteiger partial charge >= 0.3 is 0 Å². The van der Waals surface area contributed by atoms with Gasteiger partial charge in [-0.2, -0.15) is 0 Å². The van der Waals surface area contributed by atoms with Crippen LogP contribution < -0.4 is 4.74 Å². The summed E-state index contributed by atoms with van der Waals surface area (Å²) in [7, 11) is 0. The second-order valence-electron chi connectivity index (χ2n) is 4.71. The molecule has 0 bridgehead atoms. The monoisotopic (exact) mass is 310 g/mol. The lowest BCUT2D eigenvalue weighted by atomic mass is 10.1. The first-order valence-electron chi connectivity index (χ1n) is 6.33. The first kappa shape index (κ1) is 15.2. The Morgan fingerprint density at radius 1 is 1.15 bits per heavy atom. The molecule has 1 atom stereocenters. The minimum atomic E-state index is -0.591. The van der Waals surface area contributed by atoms with E-state index in [-0.39, 0.29) is 6.61 Å². The van der Waals surface area contributed by atoms with E-state index < -0.39 is 6.10 Å². The number of aryl methyl sites for hydroxylation is 1. The third kappa shape index (κ3) is 3.45. The highest BCUT2D eigenvalue weighted by molar-refractivity contribution is 6.35. The van der Waals surface area contributed by atoms with Crippen LogP contribution in [0.2, 0.25) is 10.0 Å². The number of benzene rings is 2. The lowest BCUT2D eigenvalue weighted by molar-refractivity contribution is 0.190. The number of aliphatic hydroxyl groups is 1. The molecule has 0 unspecified atom stereocenters. The number of ether oxygens (including phenoxy) is 1. The van der Waals surface area contributed by atoms with Crippen molar-refractivity contribution >= 4 is 23.2 Å². The van der Waals surface area contributed by atoms with Crippen LogP contribution in [-0.2, 0) is 6.61 Å². The van der Waals surface area contributed by atoms with Crippen LogP contribution in [-0.4, -0.2) is 5.11 Å². The lowest BCUT2D eigenvalue weighted by Crippen LogP contribution is -2.02. The maximum absolute atomic E-state index is 9.80. The van der Waals surface area contributed by atoms with Gasteiger partial charge in [-0.3, -0.25) is 0 Å². The van der Waals surface area contributed by atoms with E-state index in [1.165, 1.54) is 0 Å². The molecule has 0 heterocycles. The van der Waals surface area contributed by atoms with Crippen LogP contribution in [0.1, 0.15) is 29.7 Å². The summed E-state index contributed by atoms with van der Waals surface area (Å²) in [5, 5.41) is 10.9. The zero-order chi connectivity index (χ0) is 14.7. The summed E-state index contributed by atoms with van der Waals surface area (Å²) in [6.45, 7) is 3.95. The van der Waals surface area contributed by atoms with E-state index in [2.05, 4.69) is 0 Å². The quantitative estimate of drug-likeness (QED) is 0.867. The van der Waals surface area contributed by atoms with E-state index in [1.807, 2.05) is 25.1 Å². The molecule has 2 rings (SSSR count). The highest BCUT2D eigenvalue weighted by Gasteiger charge is 2.11. The summed E-state index contributed by atoms with van der Waals surface area (Å²) in [5.74, 6) is 0.640. The predicted molar refractivity (Wildman–Crippen MR) is 82.6 cm³/mol. The zero-order valence-electron chi connectivity index (χ0n) is 11.4. The third-order valence-electron chi connectivity index (χ3n) is 3.05. The number of hydrogen-bond donors (Lipinski definition) is 1. The standard InChI is InChI=1S/C16H16Cl2O2/c1-10-6-7-16(12(8-10)11(2)19)20-9-13-14(17)4-3-5-15(13)18/h3-8,11,19H,9H2,1-2H3/t11-/m1/s1. The summed E-state index contributed by atoms with van der Waals surface area (Å²) in [4.78, 5) is 0. The molecular formula is C16H16Cl2O2. The smallest absolute Gasteiger partial charge is 0.125 e. The molecule has 0 radical (unpaired) electrons. The molecular weight excluding hydrogens is 295 g/mol. The summed E-state index contributed by atoms with van der Waals surface area (Å²) in [5.41, 5.74) is 2.57. The van der Waals surface area contributed by atoms with E-state index in [0.29, 0.717) is 15.8 Å². The van der Waals surface area contributed by atoms with Gasteiger partial charge in [-0.15, -0.1) is 0 Å². The van der Waals surface area contributed by atoms with Crippen molar-refractivity contribution < 1.29 is 9.84 Å². The van der Waals surface area contributed by atoms with Crippen LogP contribution >= 0.6 is 23.2 Å². The van der Waals surface area contributed by atoms with Crippen LogP contribution in [0.15, 0.2) is 36.4 Å². The number of hydrogen-bond acceptors (Lipinski definition) is 2. The highest BCUT2D eigenvalue weighted by Crippen LogP contribution is 2.29. The van der Waals surface area contributed by atoms with Gasteiger partial charge in [0.25, 0.3) is 0 Å². The molecule has 20 heavy (non-hydrogen) atoms. The molecule has 4 heteroatoms. The molecule has 2 nitrogen and oxygen atoms in total. The van der Waals surface area contributed by atoms with Gasteiger partial charge in [0.05, 0.1) is 6.10 Å². The van der Waals surface area contributed by atoms with Crippen molar-refractivity contribution in [1.29, 1.82) is 0 Å². The van der Waals surface area contributed by atoms with Crippen molar-refractivity contribution in [1.82, 2.24) is 0 Å². The maximum Gasteiger partial charge on any atom is 0.125 e. The van der Waals surface area contributed by atoms with Crippen molar-refractivity contribution in [2.75, 3.05) is 0 Å². The molecule has 106 valence electrons. The Labute approximate surface area is 128 Å². The second kappa shape index (κ2) is 6.49. The highest BCUT2D eigenvalue weighted by atomic mass is 35.5. The number of rotatable bonds is 4. The predicted octanol–water partition coefficient (Wildman–Crippen LogP) is 4.93. The molecule has 0 aliphatic carbocycles. The molecule has 0 aliphatic heterocycles. The van der Waals surface area contributed by atoms with Crippen LogP contribution in [0.5, 0.6) is 5.75 Å². The molecule has 2 aromatic carbocycles. The van der Waals surface area contributed by atoms with Crippen LogP contribution in [0, 0.1) is 6.92 Å². The van der Waals surface area contributed by atoms with Gasteiger partial charge in [0.1, 0.15) is 12.4 Å². The molecule has 2 aromatic rings. The molecule has 0 fully saturated rings. The van der Waals surface area contributed by atoms with E-state index >= 15 is 0 Å². The minimum Gasteiger partial charge on any atom is -0.488 e. The fourth-order valence-corrected chi connectivity index (χ4v) is 2.45. The lowest BCUT2D eigenvalue weighted by Gasteiger charge is -2.15. The van der Waals surface area contributed by atoms with Gasteiger partial charge in [-0.05, 0) is 38.1 Å². The second-order valence-corrected chi connectivity index (χ2v) is 5.52. The van der Waals surface area contributed by atoms with E-state index in [4.69, 9.17) is 27.9 Å². The van der Waals surface area contributed by atoms with E-state index in [0.717, 1.165) is 16.7 Å². The summed E-state index contributed by atoms with van der Waals surface area (Å²) < 4.78 is 5.77. The summed E-state index contributed by atoms with van der Waals surface area (Å²) in [6, 6.07) is 11.0. The Morgan fingerprint density at radius 2 is 1.80 bits per heavy atom. The van der Waals surface area contributed by atoms with E-state index in [9.17, 15) is 5.11 Å². The van der Waals surface area contributed by atoms with Gasteiger partial charge in [0.2, 0.25) is 0 Å². The van der Waals surface area contributed by atoms with Crippen LogP contribution in [0.25, 0.3) is 0 Å². The molecule has 0 aliphatic rings. The minimum absolute atomic E-state index is 0.265. The average molecular weight is 311 g/mol. The van der Waals surface area contributed by atoms with Crippen molar-refractivity contribution in [3.63, 3.8) is 0 Å². The average Bonchev–Trinajstić information content (AvgIpc) is 2.39. The summed E-state index contributed by atoms with van der Waals surface area (Å²) in [6.07, 6.45) is -0.591. The first-order valence-corrected chi connectivity index (χ1v) is 7.09. The topological polar surface area (TPSA) is 29.5 Å². The fraction of sp³-hybridized carbons (Fsp3) is 0.250. The van der Waals surface area contributed by atoms with Gasteiger partial charge in [-0.25, -0.2) is 0 Å². The Balaban J connectivity index is 2.23. The number of halogens is 2. The van der Waals surface area contributed by atoms with Crippen LogP contribution in [0.3, 0.4) is 0 Å². The maximum atomic E-state index is 9.80. The Morgan fingerprint density at radius 3 is 2.40 bits per heavy atom. The van der Waals surface area contributed by atoms with Crippen molar-refractivity contribution in [3.8, 4) is 5.75 Å². The van der Waals surface area contributed by atoms with Crippen molar-refractivity contribution in [3.05, 3.63) is 63.1 Å². The first-order chi connectivity index (χ1) is 9.49. The largest absolute Gasteiger partial charge is 0.488 e. The van der Waals surface area contributed by atoms with Gasteiger partial charge in [0.15, 0.2) is 0 Å². The Bertz CT molecular complexity index is 589.